The van der Waals surface area contributed by atoms with Crippen LogP contribution in [0, 0.1) is 6.92 Å². The number of aromatic nitrogens is 1. The summed E-state index contributed by atoms with van der Waals surface area (Å²) in [4.78, 5) is 15.1. The highest BCUT2D eigenvalue weighted by Gasteiger charge is 2.27. The summed E-state index contributed by atoms with van der Waals surface area (Å²) in [5.74, 6) is 1.27. The van der Waals surface area contributed by atoms with Crippen LogP contribution in [0.5, 0.6) is 5.75 Å². The van der Waals surface area contributed by atoms with E-state index >= 15 is 0 Å². The topological polar surface area (TPSA) is 67.6 Å². The smallest absolute Gasteiger partial charge is 0.251 e. The number of carbonyl (C=O) groups excluding carboxylic acids is 1. The summed E-state index contributed by atoms with van der Waals surface area (Å²) in [6, 6.07) is 10.0. The molecule has 2 fully saturated rings. The quantitative estimate of drug-likeness (QED) is 0.824. The second-order valence-electron chi connectivity index (χ2n) is 7.94. The Hall–Kier alpha value is -2.34. The number of aryl methyl sites for hydroxylation is 1. The number of benzene rings is 1. The average Bonchev–Trinajstić information content (AvgIpc) is 3.39. The Balaban J connectivity index is 1.28. The molecule has 1 aliphatic heterocycles. The molecule has 28 heavy (non-hydrogen) atoms. The predicted octanol–water partition coefficient (Wildman–Crippen LogP) is 3.70. The van der Waals surface area contributed by atoms with E-state index in [1.54, 1.807) is 6.07 Å². The summed E-state index contributed by atoms with van der Waals surface area (Å²) in [5, 5.41) is 6.69. The SMILES string of the molecule is Cc1cc(CNC(=O)c2cccc(OC3CCN(C4CCCC4)CC3)c2)on1. The van der Waals surface area contributed by atoms with Gasteiger partial charge in [-0.2, -0.15) is 0 Å². The van der Waals surface area contributed by atoms with E-state index in [4.69, 9.17) is 9.26 Å². The van der Waals surface area contributed by atoms with Gasteiger partial charge in [0, 0.05) is 30.8 Å². The van der Waals surface area contributed by atoms with Crippen molar-refractivity contribution in [1.29, 1.82) is 0 Å². The Morgan fingerprint density at radius 3 is 2.71 bits per heavy atom. The third-order valence-corrected chi connectivity index (χ3v) is 5.82. The molecule has 6 nitrogen and oxygen atoms in total. The number of nitrogens with one attached hydrogen (secondary N) is 1. The largest absolute Gasteiger partial charge is 0.490 e. The molecule has 1 N–H and O–H groups in total. The number of amides is 1. The molecule has 1 amide bonds. The molecule has 1 saturated carbocycles. The molecule has 150 valence electrons. The van der Waals surface area contributed by atoms with Gasteiger partial charge in [-0.3, -0.25) is 4.79 Å². The van der Waals surface area contributed by atoms with E-state index in [0.717, 1.165) is 43.4 Å². The van der Waals surface area contributed by atoms with E-state index in [0.29, 0.717) is 17.9 Å². The Morgan fingerprint density at radius 2 is 2.00 bits per heavy atom. The lowest BCUT2D eigenvalue weighted by molar-refractivity contribution is 0.0766. The van der Waals surface area contributed by atoms with Crippen LogP contribution < -0.4 is 10.1 Å². The Morgan fingerprint density at radius 1 is 1.21 bits per heavy atom. The third-order valence-electron chi connectivity index (χ3n) is 5.82. The van der Waals surface area contributed by atoms with Crippen LogP contribution in [0.2, 0.25) is 0 Å². The van der Waals surface area contributed by atoms with E-state index in [-0.39, 0.29) is 12.0 Å². The molecular weight excluding hydrogens is 354 g/mol. The molecule has 0 atom stereocenters. The first-order valence-electron chi connectivity index (χ1n) is 10.4. The minimum absolute atomic E-state index is 0.143. The monoisotopic (exact) mass is 383 g/mol. The van der Waals surface area contributed by atoms with Gasteiger partial charge in [0.25, 0.3) is 5.91 Å². The van der Waals surface area contributed by atoms with Crippen LogP contribution in [0.4, 0.5) is 0 Å². The molecule has 2 heterocycles. The summed E-state index contributed by atoms with van der Waals surface area (Å²) < 4.78 is 11.3. The van der Waals surface area contributed by atoms with E-state index in [1.165, 1.54) is 25.7 Å². The molecule has 0 unspecified atom stereocenters. The first-order valence-corrected chi connectivity index (χ1v) is 10.4. The maximum Gasteiger partial charge on any atom is 0.251 e. The summed E-state index contributed by atoms with van der Waals surface area (Å²) in [6.45, 7) is 4.41. The predicted molar refractivity (Wildman–Crippen MR) is 106 cm³/mol. The fourth-order valence-electron chi connectivity index (χ4n) is 4.30. The number of hydrogen-bond acceptors (Lipinski definition) is 5. The van der Waals surface area contributed by atoms with Gasteiger partial charge in [-0.25, -0.2) is 0 Å². The van der Waals surface area contributed by atoms with Crippen LogP contribution >= 0.6 is 0 Å². The molecule has 4 rings (SSSR count). The molecule has 1 aromatic carbocycles. The summed E-state index contributed by atoms with van der Waals surface area (Å²) in [6.07, 6.45) is 7.81. The van der Waals surface area contributed by atoms with E-state index < -0.39 is 0 Å². The zero-order valence-electron chi connectivity index (χ0n) is 16.5. The lowest BCUT2D eigenvalue weighted by Crippen LogP contribution is -2.43. The molecule has 1 saturated heterocycles. The fraction of sp³-hybridized carbons (Fsp3) is 0.545. The highest BCUT2D eigenvalue weighted by atomic mass is 16.5. The minimum atomic E-state index is -0.143. The second kappa shape index (κ2) is 8.78. The molecule has 1 aliphatic carbocycles. The van der Waals surface area contributed by atoms with Gasteiger partial charge in [0.15, 0.2) is 5.76 Å². The third kappa shape index (κ3) is 4.73. The summed E-state index contributed by atoms with van der Waals surface area (Å²) in [5.41, 5.74) is 1.40. The number of hydrogen-bond donors (Lipinski definition) is 1. The molecule has 2 aliphatic rings. The normalized spacial score (nSPS) is 19.0. The zero-order chi connectivity index (χ0) is 19.3. The first kappa shape index (κ1) is 19.0. The van der Waals surface area contributed by atoms with Crippen molar-refractivity contribution in [2.75, 3.05) is 13.1 Å². The van der Waals surface area contributed by atoms with Crippen LogP contribution in [-0.2, 0) is 6.54 Å². The van der Waals surface area contributed by atoms with Crippen LogP contribution in [0.3, 0.4) is 0 Å². The number of nitrogens with zero attached hydrogens (tertiary/aromatic N) is 2. The van der Waals surface area contributed by atoms with Crippen molar-refractivity contribution in [1.82, 2.24) is 15.4 Å². The van der Waals surface area contributed by atoms with Crippen molar-refractivity contribution in [3.8, 4) is 5.75 Å². The Bertz CT molecular complexity index is 790. The molecule has 0 radical (unpaired) electrons. The second-order valence-corrected chi connectivity index (χ2v) is 7.94. The molecule has 0 spiro atoms. The van der Waals surface area contributed by atoms with Crippen molar-refractivity contribution in [2.24, 2.45) is 0 Å². The van der Waals surface area contributed by atoms with Crippen molar-refractivity contribution in [3.05, 3.63) is 47.3 Å². The van der Waals surface area contributed by atoms with Gasteiger partial charge < -0.3 is 19.5 Å². The lowest BCUT2D eigenvalue weighted by atomic mass is 10.0. The van der Waals surface area contributed by atoms with Crippen molar-refractivity contribution in [2.45, 2.75) is 64.1 Å². The number of carbonyl (C=O) groups is 1. The van der Waals surface area contributed by atoms with Crippen LogP contribution in [-0.4, -0.2) is 41.2 Å². The maximum absolute atomic E-state index is 12.4. The van der Waals surface area contributed by atoms with Crippen LogP contribution in [0.1, 0.15) is 60.3 Å². The lowest BCUT2D eigenvalue weighted by Gasteiger charge is -2.36. The van der Waals surface area contributed by atoms with E-state index in [1.807, 2.05) is 31.2 Å². The number of rotatable bonds is 6. The average molecular weight is 383 g/mol. The van der Waals surface area contributed by atoms with Crippen molar-refractivity contribution >= 4 is 5.91 Å². The van der Waals surface area contributed by atoms with E-state index in [2.05, 4.69) is 15.4 Å². The molecule has 2 aromatic rings. The molecule has 6 heteroatoms. The fourth-order valence-corrected chi connectivity index (χ4v) is 4.30. The van der Waals surface area contributed by atoms with Gasteiger partial charge in [0.2, 0.25) is 0 Å². The maximum atomic E-state index is 12.4. The molecular formula is C22H29N3O3. The van der Waals surface area contributed by atoms with E-state index in [9.17, 15) is 4.79 Å². The summed E-state index contributed by atoms with van der Waals surface area (Å²) in [7, 11) is 0. The standard InChI is InChI=1S/C22H29N3O3/c1-16-13-21(28-24-16)15-23-22(26)17-5-4-8-20(14-17)27-19-9-11-25(12-10-19)18-6-2-3-7-18/h4-5,8,13-14,18-19H,2-3,6-7,9-12,15H2,1H3,(H,23,26). The highest BCUT2D eigenvalue weighted by Crippen LogP contribution is 2.27. The van der Waals surface area contributed by atoms with Gasteiger partial charge in [-0.05, 0) is 50.8 Å². The Labute approximate surface area is 166 Å². The number of piperidine rings is 1. The minimum Gasteiger partial charge on any atom is -0.490 e. The van der Waals surface area contributed by atoms with Gasteiger partial charge in [-0.15, -0.1) is 0 Å². The van der Waals surface area contributed by atoms with Gasteiger partial charge >= 0.3 is 0 Å². The first-order chi connectivity index (χ1) is 13.7. The van der Waals surface area contributed by atoms with Gasteiger partial charge in [0.05, 0.1) is 12.2 Å². The number of likely N-dealkylation sites (tertiary alicyclic amines) is 1. The van der Waals surface area contributed by atoms with Gasteiger partial charge in [0.1, 0.15) is 11.9 Å². The number of ether oxygens (including phenoxy) is 1. The molecule has 0 bridgehead atoms. The Kier molecular flexibility index (Phi) is 5.95. The summed E-state index contributed by atoms with van der Waals surface area (Å²) >= 11 is 0. The van der Waals surface area contributed by atoms with Crippen LogP contribution in [0.15, 0.2) is 34.9 Å². The van der Waals surface area contributed by atoms with Crippen molar-refractivity contribution in [3.63, 3.8) is 0 Å². The van der Waals surface area contributed by atoms with Crippen molar-refractivity contribution < 1.29 is 14.1 Å². The highest BCUT2D eigenvalue weighted by molar-refractivity contribution is 5.94. The molecule has 1 aromatic heterocycles. The van der Waals surface area contributed by atoms with Gasteiger partial charge in [-0.1, -0.05) is 24.1 Å². The zero-order valence-corrected chi connectivity index (χ0v) is 16.5. The van der Waals surface area contributed by atoms with Crippen LogP contribution in [0.25, 0.3) is 0 Å².